The molecule has 2 aliphatic carbocycles. The monoisotopic (exact) mass is 332 g/mol. The second kappa shape index (κ2) is 5.19. The van der Waals surface area contributed by atoms with Gasteiger partial charge in [0.15, 0.2) is 11.4 Å². The van der Waals surface area contributed by atoms with E-state index in [2.05, 4.69) is 11.8 Å². The van der Waals surface area contributed by atoms with Crippen LogP contribution in [0.4, 0.5) is 0 Å². The molecule has 2 fully saturated rings. The van der Waals surface area contributed by atoms with Crippen LogP contribution < -0.4 is 0 Å². The van der Waals surface area contributed by atoms with Crippen LogP contribution in [-0.2, 0) is 14.3 Å². The third-order valence-electron chi connectivity index (χ3n) is 5.72. The summed E-state index contributed by atoms with van der Waals surface area (Å²) >= 11 is 0. The number of aliphatic hydroxyl groups is 1. The molecular weight excluding hydrogens is 308 g/mol. The van der Waals surface area contributed by atoms with Crippen LogP contribution in [0, 0.1) is 23.2 Å². The van der Waals surface area contributed by atoms with Gasteiger partial charge in [-0.1, -0.05) is 18.8 Å². The van der Waals surface area contributed by atoms with Gasteiger partial charge in [0.1, 0.15) is 0 Å². The van der Waals surface area contributed by atoms with Crippen LogP contribution >= 0.6 is 0 Å². The topological polar surface area (TPSA) is 76.0 Å². The van der Waals surface area contributed by atoms with Crippen molar-refractivity contribution in [2.24, 2.45) is 11.3 Å². The number of rotatable bonds is 1. The molecule has 0 aromatic heterocycles. The standard InChI is InChI=1S/C19H24O5/c1-11(8-16(20)21)6-7-18(22)12(2)9-19(15-10-17(15,18)5)23-13(3)14(4)24-19/h8-9,13-15,22H,10H2,1-5H3,(H,20,21). The lowest BCUT2D eigenvalue weighted by molar-refractivity contribution is -0.171. The highest BCUT2D eigenvalue weighted by molar-refractivity contribution is 5.81. The molecule has 5 unspecified atom stereocenters. The molecule has 130 valence electrons. The molecule has 5 heteroatoms. The van der Waals surface area contributed by atoms with E-state index in [1.165, 1.54) is 0 Å². The number of carbonyl (C=O) groups is 1. The largest absolute Gasteiger partial charge is 0.478 e. The fourth-order valence-corrected chi connectivity index (χ4v) is 3.99. The van der Waals surface area contributed by atoms with Gasteiger partial charge in [-0.15, -0.1) is 0 Å². The van der Waals surface area contributed by atoms with Crippen molar-refractivity contribution in [3.8, 4) is 11.8 Å². The molecule has 0 bridgehead atoms. The molecule has 0 aromatic carbocycles. The molecule has 1 saturated heterocycles. The first-order valence-electron chi connectivity index (χ1n) is 8.26. The van der Waals surface area contributed by atoms with Gasteiger partial charge in [-0.3, -0.25) is 0 Å². The number of carboxylic acid groups (broad SMARTS) is 1. The fraction of sp³-hybridized carbons (Fsp3) is 0.632. The molecule has 1 heterocycles. The van der Waals surface area contributed by atoms with Gasteiger partial charge in [0, 0.05) is 23.0 Å². The SMILES string of the molecule is CC(C#CC1(O)C(C)=CC2(OC(C)C(C)O2)C2CC21C)=CC(=O)O. The van der Waals surface area contributed by atoms with Gasteiger partial charge in [0.2, 0.25) is 0 Å². The Morgan fingerprint density at radius 3 is 2.50 bits per heavy atom. The molecule has 24 heavy (non-hydrogen) atoms. The van der Waals surface area contributed by atoms with Crippen molar-refractivity contribution in [1.82, 2.24) is 0 Å². The van der Waals surface area contributed by atoms with Crippen molar-refractivity contribution in [3.05, 3.63) is 23.3 Å². The summed E-state index contributed by atoms with van der Waals surface area (Å²) < 4.78 is 12.2. The predicted molar refractivity (Wildman–Crippen MR) is 87.9 cm³/mol. The van der Waals surface area contributed by atoms with E-state index in [1.807, 2.05) is 33.8 Å². The third kappa shape index (κ3) is 2.33. The van der Waals surface area contributed by atoms with Gasteiger partial charge in [0.05, 0.1) is 12.2 Å². The van der Waals surface area contributed by atoms with Crippen LogP contribution in [0.25, 0.3) is 0 Å². The first-order chi connectivity index (χ1) is 11.0. The van der Waals surface area contributed by atoms with Gasteiger partial charge < -0.3 is 19.7 Å². The second-order valence-corrected chi connectivity index (χ2v) is 7.49. The first-order valence-corrected chi connectivity index (χ1v) is 8.26. The van der Waals surface area contributed by atoms with Gasteiger partial charge in [0.25, 0.3) is 0 Å². The van der Waals surface area contributed by atoms with Crippen LogP contribution in [0.1, 0.15) is 41.0 Å². The molecule has 5 atom stereocenters. The number of carboxylic acids is 1. The van der Waals surface area contributed by atoms with E-state index in [0.717, 1.165) is 12.5 Å². The van der Waals surface area contributed by atoms with Crippen molar-refractivity contribution in [3.63, 3.8) is 0 Å². The van der Waals surface area contributed by atoms with E-state index in [0.29, 0.717) is 11.1 Å². The number of ether oxygens (including phenoxy) is 2. The van der Waals surface area contributed by atoms with Gasteiger partial charge in [-0.05, 0) is 45.8 Å². The highest BCUT2D eigenvalue weighted by Gasteiger charge is 2.75. The molecular formula is C19H24O5. The van der Waals surface area contributed by atoms with Crippen molar-refractivity contribution >= 4 is 5.97 Å². The van der Waals surface area contributed by atoms with Crippen LogP contribution in [0.15, 0.2) is 23.3 Å². The lowest BCUT2D eigenvalue weighted by Crippen LogP contribution is -2.49. The lowest BCUT2D eigenvalue weighted by Gasteiger charge is -2.41. The number of hydrogen-bond donors (Lipinski definition) is 2. The second-order valence-electron chi connectivity index (χ2n) is 7.49. The minimum Gasteiger partial charge on any atom is -0.478 e. The molecule has 2 N–H and O–H groups in total. The van der Waals surface area contributed by atoms with Gasteiger partial charge in [-0.25, -0.2) is 4.79 Å². The minimum absolute atomic E-state index is 0.00285. The van der Waals surface area contributed by atoms with Crippen LogP contribution in [0.5, 0.6) is 0 Å². The zero-order chi connectivity index (χ0) is 17.9. The fourth-order valence-electron chi connectivity index (χ4n) is 3.99. The average Bonchev–Trinajstić information content (AvgIpc) is 3.10. The first kappa shape index (κ1) is 17.2. The van der Waals surface area contributed by atoms with E-state index < -0.39 is 22.8 Å². The predicted octanol–water partition coefficient (Wildman–Crippen LogP) is 2.26. The summed E-state index contributed by atoms with van der Waals surface area (Å²) in [5.41, 5.74) is -0.680. The molecule has 1 aliphatic heterocycles. The number of allylic oxidation sites excluding steroid dienone is 1. The Hall–Kier alpha value is -1.61. The van der Waals surface area contributed by atoms with E-state index in [-0.39, 0.29) is 18.1 Å². The smallest absolute Gasteiger partial charge is 0.329 e. The molecule has 0 aromatic rings. The summed E-state index contributed by atoms with van der Waals surface area (Å²) in [6, 6.07) is 0. The Kier molecular flexibility index (Phi) is 3.72. The highest BCUT2D eigenvalue weighted by Crippen LogP contribution is 2.70. The molecule has 1 saturated carbocycles. The summed E-state index contributed by atoms with van der Waals surface area (Å²) in [7, 11) is 0. The Morgan fingerprint density at radius 2 is 1.96 bits per heavy atom. The van der Waals surface area contributed by atoms with Crippen LogP contribution in [0.3, 0.4) is 0 Å². The molecule has 5 nitrogen and oxygen atoms in total. The normalized spacial score (nSPS) is 46.8. The molecule has 0 amide bonds. The minimum atomic E-state index is -1.31. The van der Waals surface area contributed by atoms with Crippen LogP contribution in [0.2, 0.25) is 0 Å². The molecule has 0 radical (unpaired) electrons. The maximum atomic E-state index is 11.2. The van der Waals surface area contributed by atoms with Crippen molar-refractivity contribution < 1.29 is 24.5 Å². The van der Waals surface area contributed by atoms with E-state index >= 15 is 0 Å². The average molecular weight is 332 g/mol. The summed E-state index contributed by atoms with van der Waals surface area (Å²) in [5.74, 6) is 3.90. The van der Waals surface area contributed by atoms with Gasteiger partial charge >= 0.3 is 5.97 Å². The van der Waals surface area contributed by atoms with Crippen LogP contribution in [-0.4, -0.2) is 39.8 Å². The molecule has 1 spiro atoms. The summed E-state index contributed by atoms with van der Waals surface area (Å²) in [6.07, 6.45) is 3.64. The maximum absolute atomic E-state index is 11.2. The van der Waals surface area contributed by atoms with Crippen molar-refractivity contribution in [1.29, 1.82) is 0 Å². The number of hydrogen-bond acceptors (Lipinski definition) is 4. The molecule has 3 rings (SSSR count). The zero-order valence-electron chi connectivity index (χ0n) is 14.7. The van der Waals surface area contributed by atoms with E-state index in [9.17, 15) is 9.90 Å². The Labute approximate surface area is 142 Å². The number of fused-ring (bicyclic) bond motifs is 2. The zero-order valence-corrected chi connectivity index (χ0v) is 14.7. The quantitative estimate of drug-likeness (QED) is 0.438. The lowest BCUT2D eigenvalue weighted by atomic mass is 9.73. The third-order valence-corrected chi connectivity index (χ3v) is 5.72. The summed E-state index contributed by atoms with van der Waals surface area (Å²) in [6.45, 7) is 9.41. The molecule has 3 aliphatic rings. The van der Waals surface area contributed by atoms with E-state index in [4.69, 9.17) is 14.6 Å². The maximum Gasteiger partial charge on any atom is 0.329 e. The summed E-state index contributed by atoms with van der Waals surface area (Å²) in [4.78, 5) is 10.7. The van der Waals surface area contributed by atoms with Gasteiger partial charge in [-0.2, -0.15) is 0 Å². The Bertz CT molecular complexity index is 699. The Morgan fingerprint density at radius 1 is 1.38 bits per heavy atom. The van der Waals surface area contributed by atoms with Crippen molar-refractivity contribution in [2.45, 2.75) is 64.6 Å². The number of aliphatic carboxylic acids is 1. The Balaban J connectivity index is 1.98. The van der Waals surface area contributed by atoms with E-state index in [1.54, 1.807) is 6.92 Å². The van der Waals surface area contributed by atoms with Crippen molar-refractivity contribution in [2.75, 3.05) is 0 Å². The highest BCUT2D eigenvalue weighted by atomic mass is 16.8. The summed E-state index contributed by atoms with van der Waals surface area (Å²) in [5, 5.41) is 20.0.